The van der Waals surface area contributed by atoms with Gasteiger partial charge in [-0.1, -0.05) is 50.8 Å². The first-order valence-corrected chi connectivity index (χ1v) is 10.4. The molecule has 26 heavy (non-hydrogen) atoms. The quantitative estimate of drug-likeness (QED) is 0.0972. The van der Waals surface area contributed by atoms with Gasteiger partial charge in [0.25, 0.3) is 5.69 Å². The van der Waals surface area contributed by atoms with Crippen molar-refractivity contribution in [2.24, 2.45) is 4.99 Å². The number of nitro groups is 1. The molecule has 0 unspecified atom stereocenters. The average Bonchev–Trinajstić information content (AvgIpc) is 2.62. The highest BCUT2D eigenvalue weighted by molar-refractivity contribution is 9.10. The first-order valence-electron chi connectivity index (χ1n) is 8.42. The molecule has 0 fully saturated rings. The Balaban J connectivity index is 2.85. The van der Waals surface area contributed by atoms with Crippen LogP contribution in [0, 0.1) is 21.6 Å². The molecule has 1 rings (SSSR count). The van der Waals surface area contributed by atoms with Gasteiger partial charge in [-0.05, 0) is 28.6 Å². The molecule has 0 amide bonds. The van der Waals surface area contributed by atoms with E-state index in [1.54, 1.807) is 12.4 Å². The Labute approximate surface area is 166 Å². The summed E-state index contributed by atoms with van der Waals surface area (Å²) in [6.45, 7) is 2.72. The number of thioether (sulfide) groups is 1. The number of halogens is 1. The van der Waals surface area contributed by atoms with Crippen LogP contribution in [0.4, 0.5) is 11.4 Å². The number of rotatable bonds is 10. The molecule has 0 aliphatic carbocycles. The molecule has 0 heterocycles. The lowest BCUT2D eigenvalue weighted by atomic mass is 10.1. The Bertz CT molecular complexity index is 677. The highest BCUT2D eigenvalue weighted by Gasteiger charge is 2.18. The molecule has 7 nitrogen and oxygen atoms in total. The smallest absolute Gasteiger partial charge is 0.296 e. The molecule has 9 heteroatoms. The first kappa shape index (κ1) is 22.3. The number of nitro benzene ring substituents is 1. The van der Waals surface area contributed by atoms with Crippen LogP contribution in [0.5, 0.6) is 5.75 Å². The number of hydrogen-bond acceptors (Lipinski definition) is 6. The van der Waals surface area contributed by atoms with Crippen LogP contribution in [-0.4, -0.2) is 23.0 Å². The molecule has 1 aromatic rings. The van der Waals surface area contributed by atoms with Crippen LogP contribution in [0.1, 0.15) is 45.4 Å². The van der Waals surface area contributed by atoms with Crippen LogP contribution in [-0.2, 0) is 0 Å². The molecule has 0 aromatic heterocycles. The Morgan fingerprint density at radius 2 is 2.08 bits per heavy atom. The summed E-state index contributed by atoms with van der Waals surface area (Å²) in [6.07, 6.45) is 10.4. The van der Waals surface area contributed by atoms with Gasteiger partial charge in [0.15, 0.2) is 11.4 Å². The largest absolute Gasteiger partial charge is 0.492 e. The van der Waals surface area contributed by atoms with Gasteiger partial charge >= 0.3 is 0 Å². The van der Waals surface area contributed by atoms with Crippen molar-refractivity contribution in [1.82, 2.24) is 5.32 Å². The average molecular weight is 443 g/mol. The van der Waals surface area contributed by atoms with Gasteiger partial charge in [0.2, 0.25) is 0 Å². The second kappa shape index (κ2) is 12.5. The van der Waals surface area contributed by atoms with Crippen molar-refractivity contribution in [2.45, 2.75) is 45.4 Å². The third-order valence-electron chi connectivity index (χ3n) is 3.56. The molecule has 142 valence electrons. The van der Waals surface area contributed by atoms with Crippen molar-refractivity contribution in [3.05, 3.63) is 26.7 Å². The van der Waals surface area contributed by atoms with E-state index in [1.165, 1.54) is 49.6 Å². The molecule has 0 spiro atoms. The summed E-state index contributed by atoms with van der Waals surface area (Å²) in [5, 5.41) is 22.7. The lowest BCUT2D eigenvalue weighted by Gasteiger charge is -2.10. The molecule has 1 aromatic carbocycles. The zero-order valence-corrected chi connectivity index (χ0v) is 17.4. The Morgan fingerprint density at radius 1 is 1.38 bits per heavy atom. The van der Waals surface area contributed by atoms with Crippen LogP contribution in [0.25, 0.3) is 0 Å². The van der Waals surface area contributed by atoms with Crippen molar-refractivity contribution in [2.75, 3.05) is 12.9 Å². The minimum Gasteiger partial charge on any atom is -0.492 e. The van der Waals surface area contributed by atoms with Gasteiger partial charge < -0.3 is 4.74 Å². The molecule has 0 aliphatic rings. The van der Waals surface area contributed by atoms with E-state index in [9.17, 15) is 10.1 Å². The highest BCUT2D eigenvalue weighted by atomic mass is 79.9. The standard InChI is InChI=1S/C17H23BrN4O3S/c1-3-4-5-6-7-8-9-25-16-11-14(21-17(26-2)20-12-19)15(22(23)24)10-13(16)18/h10-11H,3-9H2,1-2H3,(H,20,21). The fraction of sp³-hybridized carbons (Fsp3) is 0.529. The molecule has 0 radical (unpaired) electrons. The Kier molecular flexibility index (Phi) is 10.7. The molecule has 0 aliphatic heterocycles. The van der Waals surface area contributed by atoms with Crippen molar-refractivity contribution in [3.63, 3.8) is 0 Å². The topological polar surface area (TPSA) is 101 Å². The lowest BCUT2D eigenvalue weighted by Crippen LogP contribution is -2.12. The number of ether oxygens (including phenoxy) is 1. The molecule has 0 atom stereocenters. The maximum Gasteiger partial charge on any atom is 0.296 e. The number of amidine groups is 1. The number of nitrogens with zero attached hydrogens (tertiary/aromatic N) is 3. The zero-order valence-electron chi connectivity index (χ0n) is 15.0. The molecule has 0 saturated carbocycles. The first-order chi connectivity index (χ1) is 12.5. The number of aliphatic imine (C=N–C) groups is 1. The fourth-order valence-electron chi connectivity index (χ4n) is 2.22. The van der Waals surface area contributed by atoms with E-state index in [0.29, 0.717) is 16.8 Å². The maximum atomic E-state index is 11.3. The Hall–Kier alpha value is -1.79. The number of unbranched alkanes of at least 4 members (excludes halogenated alkanes) is 5. The predicted molar refractivity (Wildman–Crippen MR) is 109 cm³/mol. The van der Waals surface area contributed by atoms with Crippen molar-refractivity contribution in [1.29, 1.82) is 5.26 Å². The molecular formula is C17H23BrN4O3S. The van der Waals surface area contributed by atoms with E-state index in [4.69, 9.17) is 10.00 Å². The van der Waals surface area contributed by atoms with Crippen molar-refractivity contribution >= 4 is 44.2 Å². The lowest BCUT2D eigenvalue weighted by molar-refractivity contribution is -0.384. The highest BCUT2D eigenvalue weighted by Crippen LogP contribution is 2.38. The van der Waals surface area contributed by atoms with E-state index in [0.717, 1.165) is 12.8 Å². The number of nitrogens with one attached hydrogen (secondary N) is 1. The second-order valence-electron chi connectivity index (χ2n) is 5.50. The van der Waals surface area contributed by atoms with Crippen molar-refractivity contribution in [3.8, 4) is 11.9 Å². The van der Waals surface area contributed by atoms with Gasteiger partial charge in [-0.25, -0.2) is 4.99 Å². The SMILES string of the molecule is CCCCCCCCOc1cc(N=C(NC#N)SC)c([N+](=O)[O-])cc1Br. The molecule has 1 N–H and O–H groups in total. The zero-order chi connectivity index (χ0) is 19.4. The van der Waals surface area contributed by atoms with E-state index in [2.05, 4.69) is 33.2 Å². The predicted octanol–water partition coefficient (Wildman–Crippen LogP) is 5.52. The van der Waals surface area contributed by atoms with Crippen LogP contribution in [0.3, 0.4) is 0 Å². The number of nitriles is 1. The van der Waals surface area contributed by atoms with Gasteiger partial charge in [0.05, 0.1) is 16.0 Å². The van der Waals surface area contributed by atoms with Crippen LogP contribution in [0.15, 0.2) is 21.6 Å². The Morgan fingerprint density at radius 3 is 2.69 bits per heavy atom. The molecule has 0 saturated heterocycles. The van der Waals surface area contributed by atoms with Crippen LogP contribution < -0.4 is 10.1 Å². The minimum atomic E-state index is -0.509. The number of benzene rings is 1. The number of hydrogen-bond donors (Lipinski definition) is 1. The van der Waals surface area contributed by atoms with Gasteiger partial charge in [-0.2, -0.15) is 5.26 Å². The third-order valence-corrected chi connectivity index (χ3v) is 4.76. The summed E-state index contributed by atoms with van der Waals surface area (Å²) in [5.74, 6) is 0.500. The van der Waals surface area contributed by atoms with E-state index < -0.39 is 4.92 Å². The summed E-state index contributed by atoms with van der Waals surface area (Å²) in [5.41, 5.74) is -0.0154. The summed E-state index contributed by atoms with van der Waals surface area (Å²) in [6, 6.07) is 2.90. The van der Waals surface area contributed by atoms with E-state index in [-0.39, 0.29) is 16.5 Å². The molecule has 0 bridgehead atoms. The monoisotopic (exact) mass is 442 g/mol. The van der Waals surface area contributed by atoms with Crippen LogP contribution >= 0.6 is 27.7 Å². The fourth-order valence-corrected chi connectivity index (χ4v) is 3.01. The molecular weight excluding hydrogens is 420 g/mol. The maximum absolute atomic E-state index is 11.3. The summed E-state index contributed by atoms with van der Waals surface area (Å²) < 4.78 is 6.27. The summed E-state index contributed by atoms with van der Waals surface area (Å²) in [4.78, 5) is 14.9. The van der Waals surface area contributed by atoms with Gasteiger partial charge in [0, 0.05) is 12.1 Å². The van der Waals surface area contributed by atoms with Crippen LogP contribution in [0.2, 0.25) is 0 Å². The normalized spacial score (nSPS) is 11.1. The minimum absolute atomic E-state index is 0.142. The van der Waals surface area contributed by atoms with Gasteiger partial charge in [-0.15, -0.1) is 0 Å². The van der Waals surface area contributed by atoms with Gasteiger partial charge in [-0.3, -0.25) is 15.4 Å². The van der Waals surface area contributed by atoms with Gasteiger partial charge in [0.1, 0.15) is 11.4 Å². The second-order valence-corrected chi connectivity index (χ2v) is 7.15. The third kappa shape index (κ3) is 7.62. The summed E-state index contributed by atoms with van der Waals surface area (Å²) in [7, 11) is 0. The van der Waals surface area contributed by atoms with E-state index >= 15 is 0 Å². The summed E-state index contributed by atoms with van der Waals surface area (Å²) >= 11 is 4.51. The van der Waals surface area contributed by atoms with E-state index in [1.807, 2.05) is 0 Å². The van der Waals surface area contributed by atoms with Crippen molar-refractivity contribution < 1.29 is 9.66 Å².